The summed E-state index contributed by atoms with van der Waals surface area (Å²) < 4.78 is 6.83. The number of ether oxygens (including phenoxy) is 1. The van der Waals surface area contributed by atoms with Crippen LogP contribution in [0, 0.1) is 0 Å². The molecule has 0 saturated carbocycles. The summed E-state index contributed by atoms with van der Waals surface area (Å²) in [6.45, 7) is 2.00. The van der Waals surface area contributed by atoms with Crippen LogP contribution in [0.1, 0.15) is 17.5 Å². The minimum absolute atomic E-state index is 0.0266. The summed E-state index contributed by atoms with van der Waals surface area (Å²) in [6, 6.07) is 26.1. The Morgan fingerprint density at radius 2 is 1.68 bits per heavy atom. The van der Waals surface area contributed by atoms with Gasteiger partial charge in [-0.05, 0) is 31.2 Å². The Kier molecular flexibility index (Phi) is 6.98. The van der Waals surface area contributed by atoms with E-state index in [2.05, 4.69) is 15.4 Å². The molecule has 4 aromatic rings. The summed E-state index contributed by atoms with van der Waals surface area (Å²) in [4.78, 5) is 31.9. The Morgan fingerprint density at radius 3 is 2.35 bits per heavy atom. The monoisotopic (exact) mass is 455 g/mol. The number of aromatic nitrogens is 3. The third-order valence-corrected chi connectivity index (χ3v) is 5.19. The summed E-state index contributed by atoms with van der Waals surface area (Å²) in [5, 5.41) is 7.30. The maximum atomic E-state index is 13.3. The van der Waals surface area contributed by atoms with E-state index in [1.807, 2.05) is 67.6 Å². The van der Waals surface area contributed by atoms with Crippen LogP contribution < -0.4 is 10.1 Å². The fraction of sp³-hybridized carbons (Fsp3) is 0.154. The molecule has 0 aliphatic carbocycles. The van der Waals surface area contributed by atoms with Gasteiger partial charge < -0.3 is 15.0 Å². The zero-order valence-corrected chi connectivity index (χ0v) is 19.0. The number of methoxy groups -OCH3 is 1. The topological polar surface area (TPSA) is 89.4 Å². The molecule has 8 heteroatoms. The van der Waals surface area contributed by atoms with Crippen molar-refractivity contribution >= 4 is 17.5 Å². The zero-order chi connectivity index (χ0) is 23.9. The van der Waals surface area contributed by atoms with Gasteiger partial charge in [0.25, 0.3) is 5.91 Å². The molecule has 8 nitrogen and oxygen atoms in total. The Hall–Kier alpha value is -4.46. The highest BCUT2D eigenvalue weighted by molar-refractivity contribution is 5.98. The molecule has 0 bridgehead atoms. The van der Waals surface area contributed by atoms with Gasteiger partial charge in [-0.25, -0.2) is 9.67 Å². The molecule has 0 fully saturated rings. The highest BCUT2D eigenvalue weighted by Crippen LogP contribution is 2.22. The van der Waals surface area contributed by atoms with Gasteiger partial charge >= 0.3 is 0 Å². The molecule has 3 aromatic carbocycles. The lowest BCUT2D eigenvalue weighted by Crippen LogP contribution is -2.38. The van der Waals surface area contributed by atoms with Crippen LogP contribution in [-0.4, -0.2) is 51.7 Å². The lowest BCUT2D eigenvalue weighted by Gasteiger charge is -2.18. The molecule has 1 aromatic heterocycles. The predicted molar refractivity (Wildman–Crippen MR) is 130 cm³/mol. The van der Waals surface area contributed by atoms with Gasteiger partial charge in [-0.3, -0.25) is 9.59 Å². The third kappa shape index (κ3) is 5.12. The smallest absolute Gasteiger partial charge is 0.294 e. The van der Waals surface area contributed by atoms with Crippen LogP contribution >= 0.6 is 0 Å². The SMILES string of the molecule is CCN(CC(=O)Nc1cccc(OC)c1)C(=O)c1nc(-c2ccccc2)n(-c2ccccc2)n1. The standard InChI is InChI=1S/C26H25N5O3/c1-3-30(18-23(32)27-20-13-10-16-22(17-20)34-2)26(33)24-28-25(19-11-6-4-7-12-19)31(29-24)21-14-8-5-9-15-21/h4-17H,3,18H2,1-2H3,(H,27,32). The summed E-state index contributed by atoms with van der Waals surface area (Å²) in [5.41, 5.74) is 2.20. The van der Waals surface area contributed by atoms with E-state index in [4.69, 9.17) is 4.74 Å². The second-order valence-corrected chi connectivity index (χ2v) is 7.47. The van der Waals surface area contributed by atoms with Crippen molar-refractivity contribution in [3.63, 3.8) is 0 Å². The first kappa shape index (κ1) is 22.7. The van der Waals surface area contributed by atoms with Crippen molar-refractivity contribution in [2.75, 3.05) is 25.5 Å². The van der Waals surface area contributed by atoms with E-state index in [0.29, 0.717) is 23.8 Å². The van der Waals surface area contributed by atoms with E-state index in [-0.39, 0.29) is 18.3 Å². The molecular weight excluding hydrogens is 430 g/mol. The van der Waals surface area contributed by atoms with Gasteiger partial charge in [0.1, 0.15) is 12.3 Å². The van der Waals surface area contributed by atoms with E-state index in [1.165, 1.54) is 4.90 Å². The number of nitrogens with one attached hydrogen (secondary N) is 1. The number of carbonyl (C=O) groups excluding carboxylic acids is 2. The van der Waals surface area contributed by atoms with Gasteiger partial charge in [-0.2, -0.15) is 0 Å². The molecule has 4 rings (SSSR count). The number of hydrogen-bond acceptors (Lipinski definition) is 5. The average Bonchev–Trinajstić information content (AvgIpc) is 3.33. The van der Waals surface area contributed by atoms with Gasteiger partial charge in [0.05, 0.1) is 12.8 Å². The van der Waals surface area contributed by atoms with Crippen LogP contribution in [0.15, 0.2) is 84.9 Å². The number of anilines is 1. The maximum Gasteiger partial charge on any atom is 0.294 e. The molecule has 2 amide bonds. The molecule has 172 valence electrons. The van der Waals surface area contributed by atoms with Gasteiger partial charge in [0.2, 0.25) is 11.7 Å². The first-order valence-corrected chi connectivity index (χ1v) is 10.9. The Bertz CT molecular complexity index is 1220. The molecule has 0 aliphatic rings. The van der Waals surface area contributed by atoms with Crippen molar-refractivity contribution in [3.05, 3.63) is 90.8 Å². The van der Waals surface area contributed by atoms with Crippen LogP contribution in [0.5, 0.6) is 5.75 Å². The molecule has 0 aliphatic heterocycles. The molecule has 34 heavy (non-hydrogen) atoms. The number of carbonyl (C=O) groups is 2. The predicted octanol–water partition coefficient (Wildman–Crippen LogP) is 4.04. The Morgan fingerprint density at radius 1 is 0.971 bits per heavy atom. The van der Waals surface area contributed by atoms with Gasteiger partial charge in [-0.15, -0.1) is 5.10 Å². The second-order valence-electron chi connectivity index (χ2n) is 7.47. The van der Waals surface area contributed by atoms with Crippen molar-refractivity contribution < 1.29 is 14.3 Å². The molecule has 0 atom stereocenters. The van der Waals surface area contributed by atoms with Crippen LogP contribution in [-0.2, 0) is 4.79 Å². The number of hydrogen-bond donors (Lipinski definition) is 1. The van der Waals surface area contributed by atoms with E-state index < -0.39 is 5.91 Å². The summed E-state index contributed by atoms with van der Waals surface area (Å²) in [5.74, 6) is 0.459. The van der Waals surface area contributed by atoms with Crippen LogP contribution in [0.25, 0.3) is 17.1 Å². The second kappa shape index (κ2) is 10.4. The number of rotatable bonds is 8. The third-order valence-electron chi connectivity index (χ3n) is 5.19. The lowest BCUT2D eigenvalue weighted by atomic mass is 10.2. The number of nitrogens with zero attached hydrogens (tertiary/aromatic N) is 4. The molecule has 0 spiro atoms. The van der Waals surface area contributed by atoms with E-state index in [0.717, 1.165) is 11.3 Å². The minimum Gasteiger partial charge on any atom is -0.497 e. The molecule has 1 heterocycles. The van der Waals surface area contributed by atoms with Gasteiger partial charge in [0, 0.05) is 23.9 Å². The fourth-order valence-corrected chi connectivity index (χ4v) is 3.47. The minimum atomic E-state index is -0.421. The quantitative estimate of drug-likeness (QED) is 0.433. The molecule has 0 saturated heterocycles. The van der Waals surface area contributed by atoms with Crippen molar-refractivity contribution in [3.8, 4) is 22.8 Å². The number of benzene rings is 3. The Labute approximate surface area is 197 Å². The number of likely N-dealkylation sites (N-methyl/N-ethyl adjacent to an activating group) is 1. The normalized spacial score (nSPS) is 10.5. The van der Waals surface area contributed by atoms with E-state index >= 15 is 0 Å². The molecule has 0 radical (unpaired) electrons. The van der Waals surface area contributed by atoms with Crippen molar-refractivity contribution in [2.45, 2.75) is 6.92 Å². The van der Waals surface area contributed by atoms with E-state index in [9.17, 15) is 9.59 Å². The van der Waals surface area contributed by atoms with Gasteiger partial charge in [0.15, 0.2) is 5.82 Å². The van der Waals surface area contributed by atoms with Crippen molar-refractivity contribution in [1.82, 2.24) is 19.7 Å². The fourth-order valence-electron chi connectivity index (χ4n) is 3.47. The number of amides is 2. The highest BCUT2D eigenvalue weighted by atomic mass is 16.5. The summed E-state index contributed by atoms with van der Waals surface area (Å²) in [7, 11) is 1.56. The Balaban J connectivity index is 1.58. The summed E-state index contributed by atoms with van der Waals surface area (Å²) in [6.07, 6.45) is 0. The average molecular weight is 456 g/mol. The van der Waals surface area contributed by atoms with E-state index in [1.54, 1.807) is 36.1 Å². The molecule has 1 N–H and O–H groups in total. The van der Waals surface area contributed by atoms with Crippen LogP contribution in [0.2, 0.25) is 0 Å². The summed E-state index contributed by atoms with van der Waals surface area (Å²) >= 11 is 0. The lowest BCUT2D eigenvalue weighted by molar-refractivity contribution is -0.116. The first-order chi connectivity index (χ1) is 16.6. The van der Waals surface area contributed by atoms with Crippen molar-refractivity contribution in [2.24, 2.45) is 0 Å². The molecular formula is C26H25N5O3. The highest BCUT2D eigenvalue weighted by Gasteiger charge is 2.24. The maximum absolute atomic E-state index is 13.3. The van der Waals surface area contributed by atoms with Gasteiger partial charge in [-0.1, -0.05) is 54.6 Å². The zero-order valence-electron chi connectivity index (χ0n) is 19.0. The molecule has 0 unspecified atom stereocenters. The van der Waals surface area contributed by atoms with Crippen LogP contribution in [0.4, 0.5) is 5.69 Å². The van der Waals surface area contributed by atoms with Crippen molar-refractivity contribution in [1.29, 1.82) is 0 Å². The van der Waals surface area contributed by atoms with Crippen LogP contribution in [0.3, 0.4) is 0 Å². The first-order valence-electron chi connectivity index (χ1n) is 10.9. The number of para-hydroxylation sites is 1. The largest absolute Gasteiger partial charge is 0.497 e.